The van der Waals surface area contributed by atoms with Crippen LogP contribution in [0.15, 0.2) is 23.3 Å². The summed E-state index contributed by atoms with van der Waals surface area (Å²) in [4.78, 5) is 44.0. The monoisotopic (exact) mass is 939 g/mol. The van der Waals surface area contributed by atoms with Crippen molar-refractivity contribution in [2.45, 2.75) is 247 Å². The summed E-state index contributed by atoms with van der Waals surface area (Å²) in [6.45, 7) is 18.9. The zero-order valence-corrected chi connectivity index (χ0v) is 45.2. The van der Waals surface area contributed by atoms with Crippen LogP contribution in [0, 0.1) is 40.4 Å². The molecule has 8 unspecified atom stereocenters. The highest BCUT2D eigenvalue weighted by molar-refractivity contribution is 8.13. The lowest BCUT2D eigenvalue weighted by atomic mass is 9.50. The van der Waals surface area contributed by atoms with Crippen LogP contribution < -0.4 is 0 Å². The maximum atomic E-state index is 13.5. The van der Waals surface area contributed by atoms with E-state index < -0.39 is 0 Å². The molecule has 8 atom stereocenters. The van der Waals surface area contributed by atoms with Crippen molar-refractivity contribution in [1.82, 2.24) is 9.80 Å². The van der Waals surface area contributed by atoms with Gasteiger partial charge in [-0.3, -0.25) is 14.4 Å². The van der Waals surface area contributed by atoms with E-state index in [-0.39, 0.29) is 41.2 Å². The second-order valence-electron chi connectivity index (χ2n) is 23.0. The van der Waals surface area contributed by atoms with Gasteiger partial charge >= 0.3 is 11.9 Å². The number of allylic oxidation sites excluding steroid dienone is 3. The van der Waals surface area contributed by atoms with Gasteiger partial charge in [-0.15, -0.1) is 0 Å². The van der Waals surface area contributed by atoms with Crippen molar-refractivity contribution in [1.29, 1.82) is 0 Å². The van der Waals surface area contributed by atoms with Crippen LogP contribution in [0.4, 0.5) is 4.79 Å². The number of unbranched alkanes of at least 4 members (excludes halogenated alkanes) is 11. The second kappa shape index (κ2) is 30.1. The number of carbonyl (C=O) groups excluding carboxylic acids is 3. The lowest BCUT2D eigenvalue weighted by Gasteiger charge is -2.55. The van der Waals surface area contributed by atoms with Gasteiger partial charge in [0.1, 0.15) is 12.2 Å². The van der Waals surface area contributed by atoms with E-state index in [1.165, 1.54) is 114 Å². The summed E-state index contributed by atoms with van der Waals surface area (Å²) in [5.41, 5.74) is 3.81. The number of fused-ring (bicyclic) bond motifs is 5. The van der Waals surface area contributed by atoms with Crippen molar-refractivity contribution in [3.63, 3.8) is 0 Å². The normalized spacial score (nSPS) is 25.7. The molecule has 0 N–H and O–H groups in total. The predicted octanol–water partition coefficient (Wildman–Crippen LogP) is 15.9. The lowest BCUT2D eigenvalue weighted by molar-refractivity contribution is -0.151. The number of nitrogens with zero attached hydrogens (tertiary/aromatic N) is 2. The first-order valence-corrected chi connectivity index (χ1v) is 29.1. The van der Waals surface area contributed by atoms with Crippen LogP contribution in [0.5, 0.6) is 0 Å². The molecule has 3 saturated carbocycles. The number of hydrogen-bond donors (Lipinski definition) is 0. The summed E-state index contributed by atoms with van der Waals surface area (Å²) in [5, 5.41) is 0.0570. The van der Waals surface area contributed by atoms with Gasteiger partial charge in [0.15, 0.2) is 0 Å². The van der Waals surface area contributed by atoms with E-state index in [0.717, 1.165) is 107 Å². The Morgan fingerprint density at radius 3 is 2.08 bits per heavy atom. The summed E-state index contributed by atoms with van der Waals surface area (Å²) in [6.07, 6.45) is 36.7. The molecule has 0 spiro atoms. The molecule has 0 radical (unpaired) electrons. The van der Waals surface area contributed by atoms with Gasteiger partial charge in [-0.2, -0.15) is 0 Å². The van der Waals surface area contributed by atoms with Crippen LogP contribution in [0.25, 0.3) is 0 Å². The van der Waals surface area contributed by atoms with Crippen LogP contribution >= 0.6 is 11.8 Å². The Balaban J connectivity index is 1.23. The molecule has 380 valence electrons. The summed E-state index contributed by atoms with van der Waals surface area (Å²) >= 11 is 1.38. The first-order chi connectivity index (χ1) is 31.7. The number of thioether (sulfide) groups is 1. The molecule has 7 nitrogen and oxygen atoms in total. The Bertz CT molecular complexity index is 1490. The van der Waals surface area contributed by atoms with Gasteiger partial charge in [-0.1, -0.05) is 167 Å². The third-order valence-electron chi connectivity index (χ3n) is 17.0. The molecule has 3 fully saturated rings. The Kier molecular flexibility index (Phi) is 25.9. The minimum Gasteiger partial charge on any atom is -0.462 e. The van der Waals surface area contributed by atoms with E-state index in [1.807, 2.05) is 4.90 Å². The van der Waals surface area contributed by atoms with E-state index in [9.17, 15) is 14.4 Å². The highest BCUT2D eigenvalue weighted by Crippen LogP contribution is 2.66. The number of hydrogen-bond acceptors (Lipinski definition) is 7. The van der Waals surface area contributed by atoms with Crippen molar-refractivity contribution in [3.05, 3.63) is 23.3 Å². The van der Waals surface area contributed by atoms with Crippen molar-refractivity contribution in [2.24, 2.45) is 40.4 Å². The molecule has 66 heavy (non-hydrogen) atoms. The Morgan fingerprint density at radius 2 is 1.36 bits per heavy atom. The molecule has 0 aromatic rings. The Morgan fingerprint density at radius 1 is 0.682 bits per heavy atom. The molecule has 4 aliphatic rings. The van der Waals surface area contributed by atoms with Gasteiger partial charge in [0, 0.05) is 31.7 Å². The fourth-order valence-corrected chi connectivity index (χ4v) is 13.7. The fraction of sp³-hybridized carbons (Fsp3) is 0.879. The number of ether oxygens (including phenoxy) is 2. The minimum atomic E-state index is -0.182. The average Bonchev–Trinajstić information content (AvgIpc) is 3.64. The summed E-state index contributed by atoms with van der Waals surface area (Å²) in [6, 6.07) is 0. The quantitative estimate of drug-likeness (QED) is 0.0479. The zero-order chi connectivity index (χ0) is 48.0. The number of rotatable bonds is 33. The van der Waals surface area contributed by atoms with Crippen LogP contribution in [0.1, 0.15) is 235 Å². The van der Waals surface area contributed by atoms with E-state index >= 15 is 0 Å². The van der Waals surface area contributed by atoms with Crippen molar-refractivity contribution < 1.29 is 23.9 Å². The van der Waals surface area contributed by atoms with Crippen molar-refractivity contribution in [2.75, 3.05) is 39.5 Å². The standard InChI is InChI=1S/C58H102N2O5S/c1-10-12-14-16-17-21-29-48(28-20-15-13-11-2)64-54(61)30-22-18-19-23-41-60(56(63)66-43-25-40-59(8)9)42-37-55(62)65-49-35-38-57(6)47(44-49)31-32-50-52-34-33-51(46(5)27-24-26-45(3)4)58(52,7)39-36-53(50)57/h31-32,45-46,48-49,51-53H,10-30,33-44H2,1-9H3. The first-order valence-electron chi connectivity index (χ1n) is 28.1. The van der Waals surface area contributed by atoms with Gasteiger partial charge in [0.05, 0.1) is 6.42 Å². The van der Waals surface area contributed by atoms with Gasteiger partial charge in [0.2, 0.25) is 0 Å². The zero-order valence-electron chi connectivity index (χ0n) is 44.4. The third-order valence-corrected chi connectivity index (χ3v) is 18.0. The van der Waals surface area contributed by atoms with Gasteiger partial charge in [0.25, 0.3) is 5.24 Å². The van der Waals surface area contributed by atoms with Gasteiger partial charge < -0.3 is 19.3 Å². The Hall–Kier alpha value is -1.80. The van der Waals surface area contributed by atoms with Gasteiger partial charge in [-0.25, -0.2) is 0 Å². The predicted molar refractivity (Wildman–Crippen MR) is 280 cm³/mol. The molecular formula is C58H102N2O5S. The smallest absolute Gasteiger partial charge is 0.307 e. The average molecular weight is 940 g/mol. The van der Waals surface area contributed by atoms with E-state index in [4.69, 9.17) is 9.47 Å². The first kappa shape index (κ1) is 56.8. The maximum Gasteiger partial charge on any atom is 0.307 e. The maximum absolute atomic E-state index is 13.5. The minimum absolute atomic E-state index is 0.0499. The van der Waals surface area contributed by atoms with Crippen LogP contribution in [0.2, 0.25) is 0 Å². The largest absolute Gasteiger partial charge is 0.462 e. The Labute approximate surface area is 410 Å². The molecule has 0 aromatic heterocycles. The van der Waals surface area contributed by atoms with Crippen molar-refractivity contribution >= 4 is 28.9 Å². The molecule has 0 aromatic carbocycles. The van der Waals surface area contributed by atoms with E-state index in [0.29, 0.717) is 36.8 Å². The molecule has 0 saturated heterocycles. The summed E-state index contributed by atoms with van der Waals surface area (Å²) < 4.78 is 12.3. The summed E-state index contributed by atoms with van der Waals surface area (Å²) in [5.74, 6) is 4.30. The highest BCUT2D eigenvalue weighted by atomic mass is 32.2. The van der Waals surface area contributed by atoms with Crippen LogP contribution in [-0.2, 0) is 19.1 Å². The molecule has 4 aliphatic carbocycles. The van der Waals surface area contributed by atoms with E-state index in [2.05, 4.69) is 79.6 Å². The van der Waals surface area contributed by atoms with Crippen molar-refractivity contribution in [3.8, 4) is 0 Å². The number of carbonyl (C=O) groups is 3. The lowest BCUT2D eigenvalue weighted by Crippen LogP contribution is -2.47. The van der Waals surface area contributed by atoms with Gasteiger partial charge in [-0.05, 0) is 145 Å². The molecule has 0 heterocycles. The highest BCUT2D eigenvalue weighted by Gasteiger charge is 2.57. The third kappa shape index (κ3) is 18.2. The molecular weight excluding hydrogens is 837 g/mol. The molecule has 0 bridgehead atoms. The molecule has 8 heteroatoms. The molecule has 0 aliphatic heterocycles. The van der Waals surface area contributed by atoms with Crippen LogP contribution in [0.3, 0.4) is 0 Å². The number of amides is 1. The summed E-state index contributed by atoms with van der Waals surface area (Å²) in [7, 11) is 4.12. The SMILES string of the molecule is CCCCCCCCC(CCCCCC)OC(=O)CCCCCCN(CCC(=O)OC1CCC2(C)C(=CC=C3C2CCC2(C)C3CCC2C(C)CCCC(C)C)C1)C(=O)SCCCN(C)C. The fourth-order valence-electron chi connectivity index (χ4n) is 12.9. The van der Waals surface area contributed by atoms with E-state index in [1.54, 1.807) is 5.57 Å². The van der Waals surface area contributed by atoms with Crippen LogP contribution in [-0.4, -0.2) is 78.7 Å². The topological polar surface area (TPSA) is 76.1 Å². The molecule has 1 amide bonds. The second-order valence-corrected chi connectivity index (χ2v) is 24.0. The number of esters is 2. The molecule has 4 rings (SSSR count).